The third-order valence-electron chi connectivity index (χ3n) is 10.6. The van der Waals surface area contributed by atoms with Crippen LogP contribution in [0, 0.1) is 5.82 Å². The van der Waals surface area contributed by atoms with Crippen molar-refractivity contribution in [1.82, 2.24) is 15.1 Å². The van der Waals surface area contributed by atoms with Crippen molar-refractivity contribution in [3.05, 3.63) is 131 Å². The number of carbonyl (C=O) groups is 1. The number of hydrogen-bond acceptors (Lipinski definition) is 5. The molecule has 1 heterocycles. The van der Waals surface area contributed by atoms with E-state index in [1.165, 1.54) is 34.4 Å². The number of nitrogens with zero attached hydrogens (tertiary/aromatic N) is 2. The third kappa shape index (κ3) is 10.2. The Morgan fingerprint density at radius 3 is 2.12 bits per heavy atom. The molecule has 51 heavy (non-hydrogen) atoms. The number of fused-ring (bicyclic) bond motifs is 1. The number of amides is 1. The van der Waals surface area contributed by atoms with E-state index >= 15 is 0 Å². The predicted octanol–water partition coefficient (Wildman–Crippen LogP) is 8.38. The van der Waals surface area contributed by atoms with E-state index in [1.807, 2.05) is 0 Å². The predicted molar refractivity (Wildman–Crippen MR) is 205 cm³/mol. The first-order chi connectivity index (χ1) is 24.8. The lowest BCUT2D eigenvalue weighted by molar-refractivity contribution is -0.121. The van der Waals surface area contributed by atoms with Crippen LogP contribution in [0.25, 0.3) is 0 Å². The van der Waals surface area contributed by atoms with Crippen LogP contribution in [0.15, 0.2) is 97.1 Å². The molecule has 0 bridgehead atoms. The van der Waals surface area contributed by atoms with Crippen LogP contribution in [0.2, 0.25) is 0 Å². The Bertz CT molecular complexity index is 1610. The molecule has 1 aliphatic heterocycles. The fourth-order valence-electron chi connectivity index (χ4n) is 7.87. The van der Waals surface area contributed by atoms with Gasteiger partial charge in [0.2, 0.25) is 5.91 Å². The molecule has 0 saturated carbocycles. The van der Waals surface area contributed by atoms with E-state index in [0.717, 1.165) is 81.6 Å². The summed E-state index contributed by atoms with van der Waals surface area (Å²) in [5, 5.41) is 3.16. The van der Waals surface area contributed by atoms with Crippen molar-refractivity contribution in [3.63, 3.8) is 0 Å². The van der Waals surface area contributed by atoms with Gasteiger partial charge in [-0.3, -0.25) is 9.69 Å². The van der Waals surface area contributed by atoms with E-state index in [4.69, 9.17) is 9.47 Å². The normalized spacial score (nSPS) is 14.7. The molecule has 272 valence electrons. The number of halogens is 1. The lowest BCUT2D eigenvalue weighted by atomic mass is 9.68. The molecule has 1 N–H and O–H groups in total. The van der Waals surface area contributed by atoms with Gasteiger partial charge >= 0.3 is 0 Å². The van der Waals surface area contributed by atoms with Gasteiger partial charge in [-0.15, -0.1) is 0 Å². The molecule has 4 aromatic rings. The fourth-order valence-corrected chi connectivity index (χ4v) is 7.87. The molecule has 0 spiro atoms. The largest absolute Gasteiger partial charge is 0.493 e. The zero-order valence-corrected chi connectivity index (χ0v) is 31.0. The van der Waals surface area contributed by atoms with E-state index in [2.05, 4.69) is 102 Å². The average Bonchev–Trinajstić information content (AvgIpc) is 3.16. The Morgan fingerprint density at radius 1 is 0.863 bits per heavy atom. The van der Waals surface area contributed by atoms with Gasteiger partial charge in [-0.2, -0.15) is 0 Å². The zero-order valence-electron chi connectivity index (χ0n) is 31.0. The number of benzene rings is 4. The first-order valence-electron chi connectivity index (χ1n) is 18.6. The molecule has 0 aromatic heterocycles. The van der Waals surface area contributed by atoms with Crippen LogP contribution < -0.4 is 14.8 Å². The summed E-state index contributed by atoms with van der Waals surface area (Å²) >= 11 is 0. The van der Waals surface area contributed by atoms with Crippen LogP contribution in [0.5, 0.6) is 11.5 Å². The highest BCUT2D eigenvalue weighted by Gasteiger charge is 2.35. The molecule has 7 heteroatoms. The van der Waals surface area contributed by atoms with Gasteiger partial charge in [0.05, 0.1) is 14.2 Å². The van der Waals surface area contributed by atoms with E-state index in [0.29, 0.717) is 25.4 Å². The molecular weight excluding hydrogens is 638 g/mol. The second-order valence-electron chi connectivity index (χ2n) is 14.2. The van der Waals surface area contributed by atoms with Gasteiger partial charge < -0.3 is 19.7 Å². The van der Waals surface area contributed by atoms with Crippen LogP contribution >= 0.6 is 0 Å². The highest BCUT2D eigenvalue weighted by atomic mass is 19.1. The Labute approximate surface area is 305 Å². The van der Waals surface area contributed by atoms with Crippen LogP contribution in [0.1, 0.15) is 78.8 Å². The number of hydrogen-bond donors (Lipinski definition) is 1. The van der Waals surface area contributed by atoms with E-state index in [-0.39, 0.29) is 17.1 Å². The third-order valence-corrected chi connectivity index (χ3v) is 10.6. The molecule has 0 saturated heterocycles. The number of methoxy groups -OCH3 is 2. The summed E-state index contributed by atoms with van der Waals surface area (Å²) in [7, 11) is 7.72. The summed E-state index contributed by atoms with van der Waals surface area (Å²) in [6.07, 6.45) is 8.01. The molecule has 0 aliphatic carbocycles. The Hall–Kier alpha value is -4.20. The maximum atomic E-state index is 13.3. The quantitative estimate of drug-likeness (QED) is 0.100. The van der Waals surface area contributed by atoms with Crippen LogP contribution in [-0.4, -0.2) is 70.2 Å². The molecule has 1 atom stereocenters. The number of ether oxygens (including phenoxy) is 2. The first-order valence-corrected chi connectivity index (χ1v) is 18.6. The minimum atomic E-state index is -0.258. The number of rotatable bonds is 19. The van der Waals surface area contributed by atoms with Crippen LogP contribution in [0.4, 0.5) is 4.39 Å². The van der Waals surface area contributed by atoms with Gasteiger partial charge in [0.1, 0.15) is 5.82 Å². The molecule has 4 aromatic carbocycles. The van der Waals surface area contributed by atoms with E-state index < -0.39 is 0 Å². The molecule has 0 fully saturated rings. The number of aryl methyl sites for hydroxylation is 1. The summed E-state index contributed by atoms with van der Waals surface area (Å²) in [6.45, 7) is 3.69. The number of nitrogens with one attached hydrogen (secondary N) is 1. The lowest BCUT2D eigenvalue weighted by Crippen LogP contribution is -2.38. The topological polar surface area (TPSA) is 54.0 Å². The molecule has 5 rings (SSSR count). The average molecular weight is 694 g/mol. The van der Waals surface area contributed by atoms with E-state index in [1.54, 1.807) is 26.4 Å². The van der Waals surface area contributed by atoms with Crippen LogP contribution in [-0.2, 0) is 23.1 Å². The summed E-state index contributed by atoms with van der Waals surface area (Å²) in [5.41, 5.74) is 6.15. The van der Waals surface area contributed by atoms with Gasteiger partial charge in [-0.25, -0.2) is 4.39 Å². The molecule has 1 unspecified atom stereocenters. The number of carbonyl (C=O) groups excluding carboxylic acids is 1. The van der Waals surface area contributed by atoms with Gasteiger partial charge in [0.15, 0.2) is 11.5 Å². The molecule has 0 radical (unpaired) electrons. The second kappa shape index (κ2) is 18.9. The zero-order chi connectivity index (χ0) is 36.1. The Morgan fingerprint density at radius 2 is 1.49 bits per heavy atom. The minimum absolute atomic E-state index is 0.0317. The molecule has 6 nitrogen and oxygen atoms in total. The minimum Gasteiger partial charge on any atom is -0.493 e. The summed E-state index contributed by atoms with van der Waals surface area (Å²) < 4.78 is 24.7. The van der Waals surface area contributed by atoms with E-state index in [9.17, 15) is 9.18 Å². The maximum absolute atomic E-state index is 13.3. The monoisotopic (exact) mass is 693 g/mol. The van der Waals surface area contributed by atoms with Crippen molar-refractivity contribution in [2.45, 2.75) is 69.2 Å². The second-order valence-corrected chi connectivity index (χ2v) is 14.2. The lowest BCUT2D eigenvalue weighted by Gasteiger charge is -2.40. The molecular formula is C44H56FN3O3. The highest BCUT2D eigenvalue weighted by Crippen LogP contribution is 2.43. The fraction of sp³-hybridized carbons (Fsp3) is 0.432. The van der Waals surface area contributed by atoms with Crippen molar-refractivity contribution in [2.24, 2.45) is 0 Å². The summed E-state index contributed by atoms with van der Waals surface area (Å²) in [4.78, 5) is 17.8. The van der Waals surface area contributed by atoms with Crippen molar-refractivity contribution in [3.8, 4) is 11.5 Å². The highest BCUT2D eigenvalue weighted by molar-refractivity contribution is 5.76. The Kier molecular flexibility index (Phi) is 14.1. The van der Waals surface area contributed by atoms with Crippen molar-refractivity contribution in [2.75, 3.05) is 54.5 Å². The summed E-state index contributed by atoms with van der Waals surface area (Å²) in [6, 6.07) is 33.0. The Balaban J connectivity index is 1.31. The van der Waals surface area contributed by atoms with Gasteiger partial charge in [-0.05, 0) is 131 Å². The maximum Gasteiger partial charge on any atom is 0.220 e. The van der Waals surface area contributed by atoms with Crippen LogP contribution in [0.3, 0.4) is 0 Å². The van der Waals surface area contributed by atoms with Gasteiger partial charge in [-0.1, -0.05) is 72.8 Å². The SMILES string of the molecule is COc1cc2c(cc1OC)C(CCCN(C)C)N(CCCC(CCCNC(=O)CCc1ccc(F)cc1)(c1ccccc1)c1ccccc1)CC2. The van der Waals surface area contributed by atoms with Crippen molar-refractivity contribution >= 4 is 5.91 Å². The smallest absolute Gasteiger partial charge is 0.220 e. The van der Waals surface area contributed by atoms with Crippen molar-refractivity contribution < 1.29 is 18.7 Å². The molecule has 1 amide bonds. The first kappa shape index (κ1) is 38.0. The van der Waals surface area contributed by atoms with Gasteiger partial charge in [0.25, 0.3) is 0 Å². The molecule has 1 aliphatic rings. The van der Waals surface area contributed by atoms with Crippen molar-refractivity contribution in [1.29, 1.82) is 0 Å². The van der Waals surface area contributed by atoms with Gasteiger partial charge in [0, 0.05) is 31.0 Å². The standard InChI is InChI=1S/C44H56FN3O3/c1-47(2)29-11-18-40-39-33-42(51-4)41(50-3)32-35(39)25-31-48(40)30-13-27-44(36-14-7-5-8-15-36,37-16-9-6-10-17-37)26-12-28-46-43(49)24-21-34-19-22-38(45)23-20-34/h5-10,14-17,19-20,22-23,32-33,40H,11-13,18,21,24-31H2,1-4H3,(H,46,49). The summed E-state index contributed by atoms with van der Waals surface area (Å²) in [5.74, 6) is 1.37.